The van der Waals surface area contributed by atoms with Crippen LogP contribution in [0.15, 0.2) is 314 Å². The molecule has 2 nitrogen and oxygen atoms in total. The lowest BCUT2D eigenvalue weighted by Gasteiger charge is -2.11. The molecule has 0 N–H and O–H groups in total. The number of aromatic nitrogens is 1. The van der Waals surface area contributed by atoms with Crippen LogP contribution in [0, 0.1) is 0 Å². The van der Waals surface area contributed by atoms with Gasteiger partial charge in [0.05, 0.1) is 11.0 Å². The Morgan fingerprint density at radius 1 is 0.175 bits per heavy atom. The van der Waals surface area contributed by atoms with E-state index in [1.54, 1.807) is 0 Å². The van der Waals surface area contributed by atoms with Crippen LogP contribution in [0.2, 0.25) is 0 Å². The van der Waals surface area contributed by atoms with E-state index in [1.807, 2.05) is 0 Å². The van der Waals surface area contributed by atoms with Gasteiger partial charge in [0.25, 0.3) is 0 Å². The summed E-state index contributed by atoms with van der Waals surface area (Å²) < 4.78 is 8.76. The third-order valence-corrected chi connectivity index (χ3v) is 16.0. The lowest BCUT2D eigenvalue weighted by atomic mass is 9.93. The lowest BCUT2D eigenvalue weighted by Crippen LogP contribution is -1.93. The molecule has 0 aliphatic heterocycles. The van der Waals surface area contributed by atoms with Crippen LogP contribution in [0.3, 0.4) is 0 Å². The molecule has 0 saturated carbocycles. The Morgan fingerprint density at radius 3 is 0.738 bits per heavy atom. The predicted octanol–water partition coefficient (Wildman–Crippen LogP) is 21.7. The maximum absolute atomic E-state index is 6.35. The number of para-hydroxylation sites is 1. The van der Waals surface area contributed by atoms with E-state index in [0.29, 0.717) is 0 Å². The Hall–Kier alpha value is -10.5. The molecule has 2 aromatic heterocycles. The van der Waals surface area contributed by atoms with E-state index < -0.39 is 0 Å². The SMILES string of the molecule is c1ccc(-c2cccc(-c3cccc(-c4cccc(-c5cccc(-c6cccc(-c7ccc8c(c7)c7cc(-c9cccc(-c%10ccc%11oc%12ccc(-c%13ccccc%13)cc%12c%11c%10)c9)ccc7n8-c7ccccc7)c6)c5)c4)c3)c2)cc1. The molecule has 2 heteroatoms. The van der Waals surface area contributed by atoms with Gasteiger partial charge in [-0.2, -0.15) is 0 Å². The minimum atomic E-state index is 0.892. The number of rotatable bonds is 10. The normalized spacial score (nSPS) is 11.5. The largest absolute Gasteiger partial charge is 0.456 e. The molecule has 0 fully saturated rings. The highest BCUT2D eigenvalue weighted by molar-refractivity contribution is 6.12. The van der Waals surface area contributed by atoms with Gasteiger partial charge in [-0.05, 0) is 197 Å². The fourth-order valence-electron chi connectivity index (χ4n) is 11.9. The molecule has 15 rings (SSSR count). The maximum Gasteiger partial charge on any atom is 0.135 e. The molecule has 0 saturated heterocycles. The summed E-state index contributed by atoms with van der Waals surface area (Å²) in [6.45, 7) is 0. The van der Waals surface area contributed by atoms with Crippen molar-refractivity contribution in [2.24, 2.45) is 0 Å². The van der Waals surface area contributed by atoms with E-state index in [2.05, 4.69) is 314 Å². The highest BCUT2D eigenvalue weighted by Gasteiger charge is 2.17. The Kier molecular flexibility index (Phi) is 11.6. The van der Waals surface area contributed by atoms with Crippen molar-refractivity contribution in [1.29, 1.82) is 0 Å². The maximum atomic E-state index is 6.35. The molecular formula is C78H51NO. The first kappa shape index (κ1) is 46.7. The zero-order chi connectivity index (χ0) is 52.9. The summed E-state index contributed by atoms with van der Waals surface area (Å²) in [4.78, 5) is 0. The van der Waals surface area contributed by atoms with Crippen LogP contribution >= 0.6 is 0 Å². The number of hydrogen-bond donors (Lipinski definition) is 0. The zero-order valence-electron chi connectivity index (χ0n) is 43.8. The van der Waals surface area contributed by atoms with E-state index in [1.165, 1.54) is 111 Å². The molecule has 0 aliphatic carbocycles. The second-order valence-corrected chi connectivity index (χ2v) is 20.9. The van der Waals surface area contributed by atoms with Crippen molar-refractivity contribution in [3.8, 4) is 106 Å². The van der Waals surface area contributed by atoms with E-state index in [-0.39, 0.29) is 0 Å². The van der Waals surface area contributed by atoms with Gasteiger partial charge in [0.15, 0.2) is 0 Å². The average molecular weight is 1020 g/mol. The molecule has 0 atom stereocenters. The first-order valence-corrected chi connectivity index (χ1v) is 27.4. The van der Waals surface area contributed by atoms with Gasteiger partial charge in [-0.3, -0.25) is 0 Å². The van der Waals surface area contributed by atoms with Gasteiger partial charge in [0, 0.05) is 27.2 Å². The van der Waals surface area contributed by atoms with Crippen LogP contribution in [-0.4, -0.2) is 4.57 Å². The molecule has 0 unspecified atom stereocenters. The summed E-state index contributed by atoms with van der Waals surface area (Å²) in [6, 6.07) is 112. The minimum Gasteiger partial charge on any atom is -0.456 e. The monoisotopic (exact) mass is 1020 g/mol. The molecule has 0 spiro atoms. The average Bonchev–Trinajstić information content (AvgIpc) is 4.08. The number of furan rings is 1. The first-order chi connectivity index (χ1) is 39.6. The van der Waals surface area contributed by atoms with E-state index in [4.69, 9.17) is 4.42 Å². The Morgan fingerprint density at radius 2 is 0.412 bits per heavy atom. The van der Waals surface area contributed by atoms with Crippen molar-refractivity contribution >= 4 is 43.7 Å². The van der Waals surface area contributed by atoms with E-state index in [9.17, 15) is 0 Å². The van der Waals surface area contributed by atoms with Crippen LogP contribution in [0.5, 0.6) is 0 Å². The Balaban J connectivity index is 0.752. The third kappa shape index (κ3) is 8.66. The molecule has 2 heterocycles. The molecule has 80 heavy (non-hydrogen) atoms. The van der Waals surface area contributed by atoms with Crippen LogP contribution < -0.4 is 0 Å². The molecule has 0 amide bonds. The number of fused-ring (bicyclic) bond motifs is 6. The molecule has 374 valence electrons. The van der Waals surface area contributed by atoms with Crippen molar-refractivity contribution in [1.82, 2.24) is 4.57 Å². The van der Waals surface area contributed by atoms with Crippen LogP contribution in [0.1, 0.15) is 0 Å². The zero-order valence-corrected chi connectivity index (χ0v) is 43.8. The highest BCUT2D eigenvalue weighted by Crippen LogP contribution is 2.41. The van der Waals surface area contributed by atoms with Crippen molar-refractivity contribution in [3.63, 3.8) is 0 Å². The quantitative estimate of drug-likeness (QED) is 0.133. The standard InChI is InChI=1S/C78H51NO/c1-4-16-52(17-5-1)54-20-10-21-55(42-54)56-22-11-23-57(43-56)58-24-12-25-59(44-58)60-26-13-27-61(45-60)62-28-14-29-63(46-62)67-34-38-75-71(48-67)72-49-68(35-39-76(72)79(75)70-32-8-3-9-33-70)64-30-15-31-65(47-64)69-37-41-78-74(51-69)73-50-66(36-40-77(73)80-78)53-18-6-2-7-19-53/h1-51H. The second kappa shape index (κ2) is 19.8. The fraction of sp³-hybridized carbons (Fsp3) is 0. The summed E-state index contributed by atoms with van der Waals surface area (Å²) in [5.74, 6) is 0. The summed E-state index contributed by atoms with van der Waals surface area (Å²) in [6.07, 6.45) is 0. The van der Waals surface area contributed by atoms with Crippen molar-refractivity contribution in [3.05, 3.63) is 309 Å². The summed E-state index contributed by atoms with van der Waals surface area (Å²) in [5, 5.41) is 4.67. The molecule has 0 aliphatic rings. The molecular weight excluding hydrogens is 967 g/mol. The first-order valence-electron chi connectivity index (χ1n) is 27.4. The topological polar surface area (TPSA) is 18.1 Å². The van der Waals surface area contributed by atoms with Gasteiger partial charge in [-0.15, -0.1) is 0 Å². The Bertz CT molecular complexity index is 4810. The number of hydrogen-bond acceptors (Lipinski definition) is 1. The molecule has 0 bridgehead atoms. The number of nitrogens with zero attached hydrogens (tertiary/aromatic N) is 1. The lowest BCUT2D eigenvalue weighted by molar-refractivity contribution is 0.669. The third-order valence-electron chi connectivity index (χ3n) is 16.0. The van der Waals surface area contributed by atoms with Crippen molar-refractivity contribution in [2.45, 2.75) is 0 Å². The van der Waals surface area contributed by atoms with Gasteiger partial charge in [0.1, 0.15) is 11.2 Å². The van der Waals surface area contributed by atoms with E-state index in [0.717, 1.165) is 38.8 Å². The van der Waals surface area contributed by atoms with Crippen LogP contribution in [-0.2, 0) is 0 Å². The Labute approximate surface area is 465 Å². The van der Waals surface area contributed by atoms with Gasteiger partial charge in [-0.1, -0.05) is 212 Å². The summed E-state index contributed by atoms with van der Waals surface area (Å²) in [5.41, 5.74) is 26.6. The van der Waals surface area contributed by atoms with Gasteiger partial charge in [-0.25, -0.2) is 0 Å². The van der Waals surface area contributed by atoms with Crippen LogP contribution in [0.4, 0.5) is 0 Å². The summed E-state index contributed by atoms with van der Waals surface area (Å²) in [7, 11) is 0. The highest BCUT2D eigenvalue weighted by atomic mass is 16.3. The minimum absolute atomic E-state index is 0.892. The fourth-order valence-corrected chi connectivity index (χ4v) is 11.9. The number of benzene rings is 13. The molecule has 0 radical (unpaired) electrons. The van der Waals surface area contributed by atoms with E-state index >= 15 is 0 Å². The van der Waals surface area contributed by atoms with Gasteiger partial charge in [0.2, 0.25) is 0 Å². The second-order valence-electron chi connectivity index (χ2n) is 20.9. The van der Waals surface area contributed by atoms with Gasteiger partial charge < -0.3 is 8.98 Å². The van der Waals surface area contributed by atoms with Gasteiger partial charge >= 0.3 is 0 Å². The van der Waals surface area contributed by atoms with Crippen molar-refractivity contribution in [2.75, 3.05) is 0 Å². The van der Waals surface area contributed by atoms with Crippen molar-refractivity contribution < 1.29 is 4.42 Å². The molecule has 15 aromatic rings. The predicted molar refractivity (Wildman–Crippen MR) is 337 cm³/mol. The molecule has 13 aromatic carbocycles. The van der Waals surface area contributed by atoms with Crippen LogP contribution in [0.25, 0.3) is 150 Å². The smallest absolute Gasteiger partial charge is 0.135 e. The summed E-state index contributed by atoms with van der Waals surface area (Å²) >= 11 is 0.